The van der Waals surface area contributed by atoms with Crippen LogP contribution in [-0.4, -0.2) is 21.5 Å². The summed E-state index contributed by atoms with van der Waals surface area (Å²) >= 11 is 0. The summed E-state index contributed by atoms with van der Waals surface area (Å²) < 4.78 is 5.97. The molecule has 0 aliphatic carbocycles. The normalized spacial score (nSPS) is 12.0. The third-order valence-corrected chi connectivity index (χ3v) is 7.57. The van der Waals surface area contributed by atoms with Crippen molar-refractivity contribution in [3.05, 3.63) is 0 Å². The summed E-state index contributed by atoms with van der Waals surface area (Å²) in [6, 6.07) is 3.80. The molecule has 80 valence electrons. The zero-order valence-electron chi connectivity index (χ0n) is 9.44. The topological polar surface area (TPSA) is 35.2 Å². The summed E-state index contributed by atoms with van der Waals surface area (Å²) in [5.41, 5.74) is 5.49. The van der Waals surface area contributed by atoms with E-state index in [1.165, 1.54) is 24.6 Å². The van der Waals surface area contributed by atoms with Crippen LogP contribution in [-0.2, 0) is 4.43 Å². The van der Waals surface area contributed by atoms with E-state index in [4.69, 9.17) is 10.2 Å². The number of rotatable bonds is 8. The van der Waals surface area contributed by atoms with Crippen LogP contribution >= 0.6 is 0 Å². The third kappa shape index (κ3) is 4.79. The standard InChI is InChI=1S/C10H25NOSi/c1-4-12-13(5-2,6-3)10-8-7-9-11/h4-11H2,1-3H3. The van der Waals surface area contributed by atoms with Gasteiger partial charge in [-0.1, -0.05) is 20.3 Å². The molecule has 0 atom stereocenters. The van der Waals surface area contributed by atoms with Crippen molar-refractivity contribution in [3.8, 4) is 0 Å². The highest BCUT2D eigenvalue weighted by atomic mass is 28.4. The van der Waals surface area contributed by atoms with Crippen molar-refractivity contribution in [2.24, 2.45) is 5.73 Å². The second-order valence-electron chi connectivity index (χ2n) is 3.57. The van der Waals surface area contributed by atoms with Gasteiger partial charge in [0.1, 0.15) is 0 Å². The van der Waals surface area contributed by atoms with E-state index >= 15 is 0 Å². The largest absolute Gasteiger partial charge is 0.417 e. The van der Waals surface area contributed by atoms with Gasteiger partial charge in [0.2, 0.25) is 0 Å². The van der Waals surface area contributed by atoms with Gasteiger partial charge in [-0.2, -0.15) is 0 Å². The van der Waals surface area contributed by atoms with Crippen molar-refractivity contribution in [2.45, 2.75) is 51.7 Å². The molecular formula is C10H25NOSi. The van der Waals surface area contributed by atoms with Crippen LogP contribution in [0.15, 0.2) is 0 Å². The van der Waals surface area contributed by atoms with Crippen LogP contribution in [0.4, 0.5) is 0 Å². The third-order valence-electron chi connectivity index (χ3n) is 2.83. The fourth-order valence-electron chi connectivity index (χ4n) is 1.78. The summed E-state index contributed by atoms with van der Waals surface area (Å²) in [5, 5.41) is 0. The Hall–Kier alpha value is 0.137. The fraction of sp³-hybridized carbons (Fsp3) is 1.00. The molecule has 0 aromatic heterocycles. The molecule has 0 rings (SSSR count). The molecule has 0 spiro atoms. The second-order valence-corrected chi connectivity index (χ2v) is 8.14. The average Bonchev–Trinajstić information content (AvgIpc) is 2.17. The van der Waals surface area contributed by atoms with E-state index in [1.807, 2.05) is 0 Å². The Bertz CT molecular complexity index is 115. The first-order valence-corrected chi connectivity index (χ1v) is 8.11. The Morgan fingerprint density at radius 1 is 1.08 bits per heavy atom. The minimum Gasteiger partial charge on any atom is -0.417 e. The van der Waals surface area contributed by atoms with E-state index in [2.05, 4.69) is 20.8 Å². The van der Waals surface area contributed by atoms with Crippen LogP contribution in [0.1, 0.15) is 33.6 Å². The monoisotopic (exact) mass is 203 g/mol. The van der Waals surface area contributed by atoms with Gasteiger partial charge in [-0.25, -0.2) is 0 Å². The average molecular weight is 203 g/mol. The Morgan fingerprint density at radius 3 is 2.08 bits per heavy atom. The van der Waals surface area contributed by atoms with Crippen LogP contribution in [0.25, 0.3) is 0 Å². The fourth-order valence-corrected chi connectivity index (χ4v) is 5.04. The van der Waals surface area contributed by atoms with E-state index in [0.29, 0.717) is 0 Å². The van der Waals surface area contributed by atoms with Gasteiger partial charge in [0.25, 0.3) is 0 Å². The van der Waals surface area contributed by atoms with Gasteiger partial charge in [0.05, 0.1) is 0 Å². The van der Waals surface area contributed by atoms with Gasteiger partial charge in [-0.3, -0.25) is 0 Å². The van der Waals surface area contributed by atoms with Crippen molar-refractivity contribution in [1.82, 2.24) is 0 Å². The lowest BCUT2D eigenvalue weighted by atomic mass is 10.3. The lowest BCUT2D eigenvalue weighted by molar-refractivity contribution is 0.318. The lowest BCUT2D eigenvalue weighted by Gasteiger charge is -2.28. The molecule has 0 saturated carbocycles. The maximum atomic E-state index is 5.97. The molecule has 0 aliphatic heterocycles. The van der Waals surface area contributed by atoms with Gasteiger partial charge >= 0.3 is 0 Å². The van der Waals surface area contributed by atoms with E-state index in [0.717, 1.165) is 19.6 Å². The van der Waals surface area contributed by atoms with Crippen LogP contribution in [0.5, 0.6) is 0 Å². The Kier molecular flexibility index (Phi) is 7.61. The molecular weight excluding hydrogens is 178 g/mol. The van der Waals surface area contributed by atoms with Crippen LogP contribution in [0.2, 0.25) is 18.1 Å². The van der Waals surface area contributed by atoms with Crippen molar-refractivity contribution >= 4 is 8.32 Å². The predicted octanol–water partition coefficient (Wildman–Crippen LogP) is 2.75. The molecule has 2 nitrogen and oxygen atoms in total. The van der Waals surface area contributed by atoms with Gasteiger partial charge in [-0.15, -0.1) is 0 Å². The van der Waals surface area contributed by atoms with E-state index in [1.54, 1.807) is 0 Å². The van der Waals surface area contributed by atoms with Crippen LogP contribution < -0.4 is 5.73 Å². The molecule has 0 amide bonds. The second kappa shape index (κ2) is 7.53. The van der Waals surface area contributed by atoms with Crippen molar-refractivity contribution in [1.29, 1.82) is 0 Å². The lowest BCUT2D eigenvalue weighted by Crippen LogP contribution is -2.36. The van der Waals surface area contributed by atoms with Crippen molar-refractivity contribution in [2.75, 3.05) is 13.2 Å². The highest BCUT2D eigenvalue weighted by Crippen LogP contribution is 2.24. The number of unbranched alkanes of at least 4 members (excludes halogenated alkanes) is 1. The quantitative estimate of drug-likeness (QED) is 0.486. The predicted molar refractivity (Wildman–Crippen MR) is 61.4 cm³/mol. The van der Waals surface area contributed by atoms with Gasteiger partial charge in [-0.05, 0) is 38.0 Å². The van der Waals surface area contributed by atoms with E-state index in [9.17, 15) is 0 Å². The molecule has 0 bridgehead atoms. The molecule has 0 aromatic carbocycles. The highest BCUT2D eigenvalue weighted by molar-refractivity contribution is 6.73. The van der Waals surface area contributed by atoms with E-state index in [-0.39, 0.29) is 0 Å². The zero-order valence-corrected chi connectivity index (χ0v) is 10.4. The maximum Gasteiger partial charge on any atom is 0.192 e. The molecule has 0 saturated heterocycles. The summed E-state index contributed by atoms with van der Waals surface area (Å²) in [4.78, 5) is 0. The smallest absolute Gasteiger partial charge is 0.192 e. The molecule has 0 radical (unpaired) electrons. The molecule has 0 heterocycles. The van der Waals surface area contributed by atoms with Gasteiger partial charge < -0.3 is 10.2 Å². The van der Waals surface area contributed by atoms with Gasteiger partial charge in [0.15, 0.2) is 8.32 Å². The first-order chi connectivity index (χ1) is 6.24. The number of nitrogens with two attached hydrogens (primary N) is 1. The number of hydrogen-bond acceptors (Lipinski definition) is 2. The minimum atomic E-state index is -1.34. The van der Waals surface area contributed by atoms with Gasteiger partial charge in [0, 0.05) is 6.61 Å². The molecule has 13 heavy (non-hydrogen) atoms. The number of hydrogen-bond donors (Lipinski definition) is 1. The molecule has 0 aromatic rings. The Balaban J connectivity index is 3.89. The Morgan fingerprint density at radius 2 is 1.69 bits per heavy atom. The molecule has 0 aliphatic rings. The summed E-state index contributed by atoms with van der Waals surface area (Å²) in [6.45, 7) is 8.36. The molecule has 3 heteroatoms. The SMILES string of the molecule is CCO[Si](CC)(CC)CCCCN. The summed E-state index contributed by atoms with van der Waals surface area (Å²) in [7, 11) is -1.34. The molecule has 0 fully saturated rings. The highest BCUT2D eigenvalue weighted by Gasteiger charge is 2.29. The molecule has 0 unspecified atom stereocenters. The first kappa shape index (κ1) is 13.1. The summed E-state index contributed by atoms with van der Waals surface area (Å²) in [5.74, 6) is 0. The van der Waals surface area contributed by atoms with Crippen molar-refractivity contribution < 1.29 is 4.43 Å². The van der Waals surface area contributed by atoms with Crippen LogP contribution in [0.3, 0.4) is 0 Å². The minimum absolute atomic E-state index is 0.823. The zero-order chi connectivity index (χ0) is 10.2. The molecule has 2 N–H and O–H groups in total. The summed E-state index contributed by atoms with van der Waals surface area (Å²) in [6.07, 6.45) is 2.41. The maximum absolute atomic E-state index is 5.97. The first-order valence-electron chi connectivity index (χ1n) is 5.58. The van der Waals surface area contributed by atoms with E-state index < -0.39 is 8.32 Å². The Labute approximate surface area is 84.0 Å². The van der Waals surface area contributed by atoms with Crippen molar-refractivity contribution in [3.63, 3.8) is 0 Å². The van der Waals surface area contributed by atoms with Crippen LogP contribution in [0, 0.1) is 0 Å².